The van der Waals surface area contributed by atoms with Gasteiger partial charge < -0.3 is 19.5 Å². The lowest BCUT2D eigenvalue weighted by atomic mass is 10.2. The van der Waals surface area contributed by atoms with Gasteiger partial charge in [-0.25, -0.2) is 9.78 Å². The van der Waals surface area contributed by atoms with Crippen molar-refractivity contribution in [2.24, 2.45) is 0 Å². The minimum Gasteiger partial charge on any atom is -0.493 e. The number of amides is 1. The molecule has 7 nitrogen and oxygen atoms in total. The summed E-state index contributed by atoms with van der Waals surface area (Å²) in [6.07, 6.45) is 0. The molecule has 0 unspecified atom stereocenters. The van der Waals surface area contributed by atoms with E-state index in [0.29, 0.717) is 40.1 Å². The Hall–Kier alpha value is -3.39. The number of ether oxygens (including phenoxy) is 3. The summed E-state index contributed by atoms with van der Waals surface area (Å²) in [6, 6.07) is 12.0. The zero-order valence-corrected chi connectivity index (χ0v) is 17.0. The standard InChI is InChI=1S/C21H20N2O5S/c1-4-28-21(25)13-5-8-15(9-6-13)22-19(24)16-12-29-20(23-16)14-7-10-17(26-2)18(11-14)27-3/h5-12H,4H2,1-3H3,(H,22,24). The normalized spacial score (nSPS) is 10.3. The average Bonchev–Trinajstić information content (AvgIpc) is 3.24. The molecule has 0 fully saturated rings. The van der Waals surface area contributed by atoms with Crippen molar-refractivity contribution < 1.29 is 23.8 Å². The third-order valence-electron chi connectivity index (χ3n) is 4.02. The second-order valence-corrected chi connectivity index (χ2v) is 6.72. The van der Waals surface area contributed by atoms with E-state index in [4.69, 9.17) is 14.2 Å². The van der Waals surface area contributed by atoms with Crippen LogP contribution in [0.15, 0.2) is 47.8 Å². The number of aromatic nitrogens is 1. The van der Waals surface area contributed by atoms with Crippen LogP contribution in [0.2, 0.25) is 0 Å². The number of carbonyl (C=O) groups is 2. The molecule has 0 bridgehead atoms. The lowest BCUT2D eigenvalue weighted by molar-refractivity contribution is 0.0526. The third-order valence-corrected chi connectivity index (χ3v) is 4.91. The molecule has 29 heavy (non-hydrogen) atoms. The van der Waals surface area contributed by atoms with Gasteiger partial charge in [0.2, 0.25) is 0 Å². The van der Waals surface area contributed by atoms with Gasteiger partial charge in [0.1, 0.15) is 10.7 Å². The number of benzene rings is 2. The number of nitrogens with zero attached hydrogens (tertiary/aromatic N) is 1. The van der Waals surface area contributed by atoms with Crippen molar-refractivity contribution in [3.05, 3.63) is 59.1 Å². The van der Waals surface area contributed by atoms with Crippen molar-refractivity contribution in [2.75, 3.05) is 26.1 Å². The molecule has 1 amide bonds. The Kier molecular flexibility index (Phi) is 6.46. The predicted octanol–water partition coefficient (Wildman–Crippen LogP) is 4.26. The molecule has 0 aliphatic carbocycles. The van der Waals surface area contributed by atoms with E-state index in [0.717, 1.165) is 5.56 Å². The summed E-state index contributed by atoms with van der Waals surface area (Å²) in [5.74, 6) is 0.478. The molecule has 0 atom stereocenters. The quantitative estimate of drug-likeness (QED) is 0.584. The summed E-state index contributed by atoms with van der Waals surface area (Å²) < 4.78 is 15.5. The first-order valence-electron chi connectivity index (χ1n) is 8.82. The number of anilines is 1. The molecule has 3 aromatic rings. The molecule has 1 N–H and O–H groups in total. The first-order chi connectivity index (χ1) is 14.0. The topological polar surface area (TPSA) is 86.8 Å². The molecule has 1 heterocycles. The highest BCUT2D eigenvalue weighted by Crippen LogP contribution is 2.33. The first-order valence-corrected chi connectivity index (χ1v) is 9.70. The summed E-state index contributed by atoms with van der Waals surface area (Å²) in [4.78, 5) is 28.6. The van der Waals surface area contributed by atoms with Crippen LogP contribution in [0.3, 0.4) is 0 Å². The first kappa shape index (κ1) is 20.3. The fourth-order valence-corrected chi connectivity index (χ4v) is 3.38. The number of rotatable bonds is 7. The van der Waals surface area contributed by atoms with E-state index >= 15 is 0 Å². The maximum absolute atomic E-state index is 12.5. The van der Waals surface area contributed by atoms with Crippen LogP contribution in [-0.2, 0) is 4.74 Å². The van der Waals surface area contributed by atoms with Crippen molar-refractivity contribution in [2.45, 2.75) is 6.92 Å². The molecule has 0 aliphatic heterocycles. The summed E-state index contributed by atoms with van der Waals surface area (Å²) in [7, 11) is 3.14. The second-order valence-electron chi connectivity index (χ2n) is 5.86. The van der Waals surface area contributed by atoms with Crippen molar-refractivity contribution in [1.29, 1.82) is 0 Å². The molecular weight excluding hydrogens is 392 g/mol. The fourth-order valence-electron chi connectivity index (χ4n) is 2.58. The van der Waals surface area contributed by atoms with Gasteiger partial charge in [-0.3, -0.25) is 4.79 Å². The maximum atomic E-state index is 12.5. The van der Waals surface area contributed by atoms with Gasteiger partial charge in [0.05, 0.1) is 26.4 Å². The Labute approximate surface area is 172 Å². The van der Waals surface area contributed by atoms with Gasteiger partial charge in [-0.1, -0.05) is 0 Å². The number of hydrogen-bond acceptors (Lipinski definition) is 7. The van der Waals surface area contributed by atoms with Crippen LogP contribution in [0.4, 0.5) is 5.69 Å². The molecule has 150 valence electrons. The van der Waals surface area contributed by atoms with Gasteiger partial charge >= 0.3 is 5.97 Å². The van der Waals surface area contributed by atoms with E-state index in [-0.39, 0.29) is 5.91 Å². The Morgan fingerprint density at radius 1 is 1.03 bits per heavy atom. The Morgan fingerprint density at radius 3 is 2.41 bits per heavy atom. The Morgan fingerprint density at radius 2 is 1.76 bits per heavy atom. The molecule has 8 heteroatoms. The molecule has 2 aromatic carbocycles. The van der Waals surface area contributed by atoms with Gasteiger partial charge in [0, 0.05) is 16.6 Å². The van der Waals surface area contributed by atoms with E-state index in [1.165, 1.54) is 11.3 Å². The monoisotopic (exact) mass is 412 g/mol. The lowest BCUT2D eigenvalue weighted by Gasteiger charge is -2.08. The Bertz CT molecular complexity index is 1010. The van der Waals surface area contributed by atoms with E-state index in [1.54, 1.807) is 56.9 Å². The Balaban J connectivity index is 1.72. The number of hydrogen-bond donors (Lipinski definition) is 1. The average molecular weight is 412 g/mol. The zero-order valence-electron chi connectivity index (χ0n) is 16.2. The van der Waals surface area contributed by atoms with Gasteiger partial charge in [-0.2, -0.15) is 0 Å². The van der Waals surface area contributed by atoms with Crippen LogP contribution in [0.1, 0.15) is 27.8 Å². The van der Waals surface area contributed by atoms with Crippen LogP contribution in [0.5, 0.6) is 11.5 Å². The summed E-state index contributed by atoms with van der Waals surface area (Å²) in [6.45, 7) is 2.06. The molecular formula is C21H20N2O5S. The largest absolute Gasteiger partial charge is 0.493 e. The van der Waals surface area contributed by atoms with Crippen LogP contribution in [0, 0.1) is 0 Å². The summed E-state index contributed by atoms with van der Waals surface area (Å²) in [5.41, 5.74) is 2.11. The highest BCUT2D eigenvalue weighted by molar-refractivity contribution is 7.13. The number of carbonyl (C=O) groups excluding carboxylic acids is 2. The van der Waals surface area contributed by atoms with Gasteiger partial charge in [-0.05, 0) is 49.4 Å². The van der Waals surface area contributed by atoms with E-state index < -0.39 is 5.97 Å². The van der Waals surface area contributed by atoms with Gasteiger partial charge in [0.25, 0.3) is 5.91 Å². The number of methoxy groups -OCH3 is 2. The molecule has 0 saturated carbocycles. The van der Waals surface area contributed by atoms with Crippen LogP contribution in [0.25, 0.3) is 10.6 Å². The van der Waals surface area contributed by atoms with Crippen molar-refractivity contribution in [1.82, 2.24) is 4.98 Å². The van der Waals surface area contributed by atoms with Crippen molar-refractivity contribution in [3.63, 3.8) is 0 Å². The van der Waals surface area contributed by atoms with Crippen LogP contribution in [-0.4, -0.2) is 37.7 Å². The third kappa shape index (κ3) is 4.72. The molecule has 0 saturated heterocycles. The minimum atomic E-state index is -0.399. The van der Waals surface area contributed by atoms with Crippen LogP contribution < -0.4 is 14.8 Å². The molecule has 3 rings (SSSR count). The van der Waals surface area contributed by atoms with E-state index in [2.05, 4.69) is 10.3 Å². The number of nitrogens with one attached hydrogen (secondary N) is 1. The lowest BCUT2D eigenvalue weighted by Crippen LogP contribution is -2.12. The number of esters is 1. The molecule has 0 aliphatic rings. The molecule has 1 aromatic heterocycles. The van der Waals surface area contributed by atoms with Crippen LogP contribution >= 0.6 is 11.3 Å². The van der Waals surface area contributed by atoms with Gasteiger partial charge in [-0.15, -0.1) is 11.3 Å². The van der Waals surface area contributed by atoms with Crippen molar-refractivity contribution in [3.8, 4) is 22.1 Å². The van der Waals surface area contributed by atoms with Crippen molar-refractivity contribution >= 4 is 28.9 Å². The summed E-state index contributed by atoms with van der Waals surface area (Å²) >= 11 is 1.36. The zero-order chi connectivity index (χ0) is 20.8. The predicted molar refractivity (Wildman–Crippen MR) is 111 cm³/mol. The molecule has 0 spiro atoms. The number of thiazole rings is 1. The highest BCUT2D eigenvalue weighted by Gasteiger charge is 2.14. The minimum absolute atomic E-state index is 0.300. The summed E-state index contributed by atoms with van der Waals surface area (Å²) in [5, 5.41) is 5.15. The fraction of sp³-hybridized carbons (Fsp3) is 0.190. The second kappa shape index (κ2) is 9.20. The maximum Gasteiger partial charge on any atom is 0.338 e. The highest BCUT2D eigenvalue weighted by atomic mass is 32.1. The SMILES string of the molecule is CCOC(=O)c1ccc(NC(=O)c2csc(-c3ccc(OC)c(OC)c3)n2)cc1. The van der Waals surface area contributed by atoms with Gasteiger partial charge in [0.15, 0.2) is 11.5 Å². The van der Waals surface area contributed by atoms with E-state index in [1.807, 2.05) is 12.1 Å². The van der Waals surface area contributed by atoms with E-state index in [9.17, 15) is 9.59 Å². The molecule has 0 radical (unpaired) electrons. The smallest absolute Gasteiger partial charge is 0.338 e.